The monoisotopic (exact) mass is 286 g/mol. The third kappa shape index (κ3) is 5.00. The Morgan fingerprint density at radius 3 is 2.60 bits per heavy atom. The molecule has 0 aromatic carbocycles. The molecule has 6 heteroatoms. The van der Waals surface area contributed by atoms with Crippen molar-refractivity contribution in [2.45, 2.75) is 45.8 Å². The molecule has 1 heterocycles. The first-order valence-electron chi connectivity index (χ1n) is 7.17. The summed E-state index contributed by atoms with van der Waals surface area (Å²) >= 11 is 0. The second-order valence-electron chi connectivity index (χ2n) is 5.94. The molecule has 0 spiro atoms. The molecule has 3 unspecified atom stereocenters. The van der Waals surface area contributed by atoms with Gasteiger partial charge in [-0.1, -0.05) is 20.8 Å². The van der Waals surface area contributed by atoms with Crippen molar-refractivity contribution in [3.05, 3.63) is 0 Å². The number of hydrogen-bond acceptors (Lipinski definition) is 3. The molecule has 2 N–H and O–H groups in total. The predicted octanol–water partition coefficient (Wildman–Crippen LogP) is 1.55. The van der Waals surface area contributed by atoms with E-state index in [1.165, 1.54) is 4.90 Å². The number of hydrogen-bond donors (Lipinski definition) is 2. The van der Waals surface area contributed by atoms with Crippen LogP contribution in [0, 0.1) is 11.8 Å². The van der Waals surface area contributed by atoms with Gasteiger partial charge < -0.3 is 20.1 Å². The molecule has 20 heavy (non-hydrogen) atoms. The van der Waals surface area contributed by atoms with E-state index in [4.69, 9.17) is 9.84 Å². The van der Waals surface area contributed by atoms with Crippen molar-refractivity contribution in [3.8, 4) is 0 Å². The van der Waals surface area contributed by atoms with Gasteiger partial charge in [0, 0.05) is 26.2 Å². The Bertz CT molecular complexity index is 346. The molecule has 2 amide bonds. The fourth-order valence-electron chi connectivity index (χ4n) is 2.28. The van der Waals surface area contributed by atoms with Crippen LogP contribution < -0.4 is 5.32 Å². The lowest BCUT2D eigenvalue weighted by Gasteiger charge is -2.33. The topological polar surface area (TPSA) is 78.9 Å². The molecule has 0 aromatic rings. The molecule has 3 atom stereocenters. The quantitative estimate of drug-likeness (QED) is 0.803. The van der Waals surface area contributed by atoms with E-state index in [0.717, 1.165) is 12.8 Å². The Morgan fingerprint density at radius 2 is 2.05 bits per heavy atom. The van der Waals surface area contributed by atoms with E-state index in [1.54, 1.807) is 14.0 Å². The minimum atomic E-state index is -0.893. The molecule has 116 valence electrons. The summed E-state index contributed by atoms with van der Waals surface area (Å²) in [5.74, 6) is -1.03. The lowest BCUT2D eigenvalue weighted by molar-refractivity contribution is -0.141. The van der Waals surface area contributed by atoms with Crippen LogP contribution in [0.25, 0.3) is 0 Å². The highest BCUT2D eigenvalue weighted by molar-refractivity contribution is 5.76. The minimum absolute atomic E-state index is 0.103. The largest absolute Gasteiger partial charge is 0.481 e. The van der Waals surface area contributed by atoms with Crippen LogP contribution in [0.5, 0.6) is 0 Å². The standard InChI is InChI=1S/C14H26N2O4/c1-9(2)12-7-11(5-6-20-12)15-14(19)16(4)8-10(3)13(17)18/h9-12H,5-8H2,1-4H3,(H,15,19)(H,17,18). The minimum Gasteiger partial charge on any atom is -0.481 e. The van der Waals surface area contributed by atoms with Gasteiger partial charge >= 0.3 is 12.0 Å². The van der Waals surface area contributed by atoms with Gasteiger partial charge in [-0.15, -0.1) is 0 Å². The zero-order valence-corrected chi connectivity index (χ0v) is 12.8. The van der Waals surface area contributed by atoms with Crippen LogP contribution in [0.2, 0.25) is 0 Å². The second-order valence-corrected chi connectivity index (χ2v) is 5.94. The maximum atomic E-state index is 12.0. The van der Waals surface area contributed by atoms with Gasteiger partial charge in [-0.25, -0.2) is 4.79 Å². The van der Waals surface area contributed by atoms with Crippen LogP contribution in [-0.4, -0.2) is 54.4 Å². The Balaban J connectivity index is 2.43. The Hall–Kier alpha value is -1.30. The molecule has 0 radical (unpaired) electrons. The van der Waals surface area contributed by atoms with Crippen LogP contribution in [0.15, 0.2) is 0 Å². The summed E-state index contributed by atoms with van der Waals surface area (Å²) in [6.45, 7) is 6.67. The number of aliphatic carboxylic acids is 1. The predicted molar refractivity (Wildman–Crippen MR) is 75.6 cm³/mol. The lowest BCUT2D eigenvalue weighted by atomic mass is 9.95. The molecule has 0 aliphatic carbocycles. The number of carboxylic acids is 1. The van der Waals surface area contributed by atoms with Crippen LogP contribution in [0.1, 0.15) is 33.6 Å². The van der Waals surface area contributed by atoms with Gasteiger partial charge in [0.05, 0.1) is 12.0 Å². The molecule has 0 aromatic heterocycles. The highest BCUT2D eigenvalue weighted by Crippen LogP contribution is 2.20. The van der Waals surface area contributed by atoms with Crippen LogP contribution >= 0.6 is 0 Å². The first-order chi connectivity index (χ1) is 9.31. The summed E-state index contributed by atoms with van der Waals surface area (Å²) in [7, 11) is 1.62. The van der Waals surface area contributed by atoms with Crippen molar-refractivity contribution in [1.29, 1.82) is 0 Å². The molecule has 1 saturated heterocycles. The number of urea groups is 1. The molecule has 1 rings (SSSR count). The van der Waals surface area contributed by atoms with Crippen molar-refractivity contribution in [3.63, 3.8) is 0 Å². The van der Waals surface area contributed by atoms with E-state index in [-0.39, 0.29) is 24.7 Å². The summed E-state index contributed by atoms with van der Waals surface area (Å²) in [4.78, 5) is 24.2. The number of nitrogens with one attached hydrogen (secondary N) is 1. The van der Waals surface area contributed by atoms with E-state index < -0.39 is 11.9 Å². The number of nitrogens with zero attached hydrogens (tertiary/aromatic N) is 1. The Kier molecular flexibility index (Phi) is 6.26. The summed E-state index contributed by atoms with van der Waals surface area (Å²) in [5.41, 5.74) is 0. The fourth-order valence-corrected chi connectivity index (χ4v) is 2.28. The van der Waals surface area contributed by atoms with E-state index >= 15 is 0 Å². The van der Waals surface area contributed by atoms with Crippen LogP contribution in [-0.2, 0) is 9.53 Å². The van der Waals surface area contributed by atoms with Gasteiger partial charge in [0.1, 0.15) is 0 Å². The van der Waals surface area contributed by atoms with Gasteiger partial charge in [-0.05, 0) is 18.8 Å². The number of rotatable bonds is 5. The smallest absolute Gasteiger partial charge is 0.317 e. The van der Waals surface area contributed by atoms with E-state index in [0.29, 0.717) is 12.5 Å². The van der Waals surface area contributed by atoms with Crippen molar-refractivity contribution in [2.75, 3.05) is 20.2 Å². The molecule has 1 aliphatic heterocycles. The maximum absolute atomic E-state index is 12.0. The van der Waals surface area contributed by atoms with Gasteiger partial charge in [0.25, 0.3) is 0 Å². The van der Waals surface area contributed by atoms with Gasteiger partial charge in [0.2, 0.25) is 0 Å². The van der Waals surface area contributed by atoms with Gasteiger partial charge in [-0.3, -0.25) is 4.79 Å². The summed E-state index contributed by atoms with van der Waals surface area (Å²) < 4.78 is 5.67. The Labute approximate surface area is 120 Å². The van der Waals surface area contributed by atoms with E-state index in [9.17, 15) is 9.59 Å². The van der Waals surface area contributed by atoms with Crippen molar-refractivity contribution in [1.82, 2.24) is 10.2 Å². The van der Waals surface area contributed by atoms with Gasteiger partial charge in [-0.2, -0.15) is 0 Å². The van der Waals surface area contributed by atoms with Crippen molar-refractivity contribution >= 4 is 12.0 Å². The molecule has 0 bridgehead atoms. The summed E-state index contributed by atoms with van der Waals surface area (Å²) in [6, 6.07) is -0.112. The zero-order valence-electron chi connectivity index (χ0n) is 12.8. The first kappa shape index (κ1) is 16.8. The average Bonchev–Trinajstić information content (AvgIpc) is 2.38. The zero-order chi connectivity index (χ0) is 15.3. The number of carboxylic acid groups (broad SMARTS) is 1. The maximum Gasteiger partial charge on any atom is 0.317 e. The number of ether oxygens (including phenoxy) is 1. The molecule has 6 nitrogen and oxygen atoms in total. The molecular formula is C14H26N2O4. The Morgan fingerprint density at radius 1 is 1.40 bits per heavy atom. The SMILES string of the molecule is CC(CN(C)C(=O)NC1CCOC(C(C)C)C1)C(=O)O. The number of carbonyl (C=O) groups is 2. The lowest BCUT2D eigenvalue weighted by Crippen LogP contribution is -2.48. The molecular weight excluding hydrogens is 260 g/mol. The second kappa shape index (κ2) is 7.47. The normalized spacial score (nSPS) is 24.2. The van der Waals surface area contributed by atoms with E-state index in [1.807, 2.05) is 0 Å². The van der Waals surface area contributed by atoms with Crippen molar-refractivity contribution in [2.24, 2.45) is 11.8 Å². The summed E-state index contributed by atoms with van der Waals surface area (Å²) in [6.07, 6.45) is 1.79. The number of amides is 2. The first-order valence-corrected chi connectivity index (χ1v) is 7.17. The number of carbonyl (C=O) groups excluding carboxylic acids is 1. The summed E-state index contributed by atoms with van der Waals surface area (Å²) in [5, 5.41) is 11.8. The molecule has 1 fully saturated rings. The highest BCUT2D eigenvalue weighted by Gasteiger charge is 2.27. The van der Waals surface area contributed by atoms with Crippen molar-refractivity contribution < 1.29 is 19.4 Å². The third-order valence-corrected chi connectivity index (χ3v) is 3.70. The van der Waals surface area contributed by atoms with Gasteiger partial charge in [0.15, 0.2) is 0 Å². The molecule has 0 saturated carbocycles. The van der Waals surface area contributed by atoms with E-state index in [2.05, 4.69) is 19.2 Å². The molecule has 1 aliphatic rings. The third-order valence-electron chi connectivity index (χ3n) is 3.70. The fraction of sp³-hybridized carbons (Fsp3) is 0.857. The average molecular weight is 286 g/mol. The van der Waals surface area contributed by atoms with Crippen LogP contribution in [0.4, 0.5) is 4.79 Å². The highest BCUT2D eigenvalue weighted by atomic mass is 16.5. The van der Waals surface area contributed by atoms with Crippen LogP contribution in [0.3, 0.4) is 0 Å².